The van der Waals surface area contributed by atoms with E-state index in [-0.39, 0.29) is 18.4 Å². The third-order valence-electron chi connectivity index (χ3n) is 4.29. The topological polar surface area (TPSA) is 80.2 Å². The number of carbonyl (C=O) groups excluding carboxylic acids is 1. The second kappa shape index (κ2) is 8.02. The molecule has 25 heavy (non-hydrogen) atoms. The molecule has 1 atom stereocenters. The van der Waals surface area contributed by atoms with Gasteiger partial charge in [-0.1, -0.05) is 6.07 Å². The Kier molecular flexibility index (Phi) is 5.55. The Hall–Kier alpha value is -2.54. The molecule has 1 aliphatic rings. The van der Waals surface area contributed by atoms with Gasteiger partial charge in [0.05, 0.1) is 5.69 Å². The predicted octanol–water partition coefficient (Wildman–Crippen LogP) is 2.28. The zero-order valence-electron chi connectivity index (χ0n) is 14.6. The van der Waals surface area contributed by atoms with Crippen molar-refractivity contribution in [3.8, 4) is 0 Å². The number of rotatable bonds is 5. The van der Waals surface area contributed by atoms with Crippen LogP contribution in [0.4, 0.5) is 11.8 Å². The number of amides is 1. The van der Waals surface area contributed by atoms with Gasteiger partial charge >= 0.3 is 0 Å². The molecular formula is C18H23N5O2. The molecule has 1 amide bonds. The molecule has 0 aliphatic carbocycles. The highest BCUT2D eigenvalue weighted by Crippen LogP contribution is 2.26. The first-order chi connectivity index (χ1) is 12.2. The number of carbonyl (C=O) groups is 1. The van der Waals surface area contributed by atoms with Crippen LogP contribution in [-0.4, -0.2) is 52.6 Å². The third-order valence-corrected chi connectivity index (χ3v) is 4.29. The summed E-state index contributed by atoms with van der Waals surface area (Å²) in [7, 11) is 1.54. The number of anilines is 2. The first-order valence-electron chi connectivity index (χ1n) is 8.45. The fraction of sp³-hybridized carbons (Fsp3) is 0.444. The number of likely N-dealkylation sites (tertiary alicyclic amines) is 1. The highest BCUT2D eigenvalue weighted by atomic mass is 16.5. The zero-order valence-corrected chi connectivity index (χ0v) is 14.6. The van der Waals surface area contributed by atoms with Crippen LogP contribution < -0.4 is 5.32 Å². The van der Waals surface area contributed by atoms with Gasteiger partial charge in [-0.3, -0.25) is 4.79 Å². The Balaban J connectivity index is 1.70. The van der Waals surface area contributed by atoms with Gasteiger partial charge in [-0.2, -0.15) is 0 Å². The number of hydrogen-bond acceptors (Lipinski definition) is 6. The molecule has 7 nitrogen and oxygen atoms in total. The molecule has 0 unspecified atom stereocenters. The summed E-state index contributed by atoms with van der Waals surface area (Å²) in [5, 5.41) is 3.13. The lowest BCUT2D eigenvalue weighted by Gasteiger charge is -2.32. The molecule has 132 valence electrons. The first kappa shape index (κ1) is 17.3. The quantitative estimate of drug-likeness (QED) is 0.899. The molecule has 2 aromatic rings. The van der Waals surface area contributed by atoms with E-state index in [2.05, 4.69) is 20.3 Å². The second-order valence-corrected chi connectivity index (χ2v) is 6.26. The molecule has 3 heterocycles. The van der Waals surface area contributed by atoms with E-state index in [9.17, 15) is 4.79 Å². The number of aromatic nitrogens is 3. The van der Waals surface area contributed by atoms with E-state index < -0.39 is 0 Å². The van der Waals surface area contributed by atoms with Gasteiger partial charge in [0, 0.05) is 38.5 Å². The number of hydrogen-bond donors (Lipinski definition) is 1. The number of nitrogens with zero attached hydrogens (tertiary/aromatic N) is 4. The van der Waals surface area contributed by atoms with Crippen molar-refractivity contribution >= 4 is 17.7 Å². The van der Waals surface area contributed by atoms with Crippen molar-refractivity contribution in [1.29, 1.82) is 0 Å². The molecule has 0 aromatic carbocycles. The lowest BCUT2D eigenvalue weighted by Crippen LogP contribution is -2.41. The van der Waals surface area contributed by atoms with Gasteiger partial charge in [0.15, 0.2) is 0 Å². The monoisotopic (exact) mass is 341 g/mol. The highest BCUT2D eigenvalue weighted by molar-refractivity contribution is 5.77. The van der Waals surface area contributed by atoms with E-state index in [4.69, 9.17) is 4.74 Å². The van der Waals surface area contributed by atoms with Crippen LogP contribution in [0.3, 0.4) is 0 Å². The van der Waals surface area contributed by atoms with Crippen LogP contribution >= 0.6 is 0 Å². The number of ether oxygens (including phenoxy) is 1. The maximum Gasteiger partial charge on any atom is 0.248 e. The molecule has 0 saturated carbocycles. The smallest absolute Gasteiger partial charge is 0.248 e. The van der Waals surface area contributed by atoms with E-state index in [1.165, 1.54) is 0 Å². The van der Waals surface area contributed by atoms with Gasteiger partial charge in [-0.15, -0.1) is 0 Å². The fourth-order valence-electron chi connectivity index (χ4n) is 2.98. The minimum Gasteiger partial charge on any atom is -0.375 e. The van der Waals surface area contributed by atoms with E-state index in [1.54, 1.807) is 19.5 Å². The van der Waals surface area contributed by atoms with Gasteiger partial charge in [-0.05, 0) is 37.5 Å². The highest BCUT2D eigenvalue weighted by Gasteiger charge is 2.25. The van der Waals surface area contributed by atoms with E-state index >= 15 is 0 Å². The third kappa shape index (κ3) is 4.51. The number of nitrogens with one attached hydrogen (secondary N) is 1. The van der Waals surface area contributed by atoms with Gasteiger partial charge < -0.3 is 15.0 Å². The molecule has 1 fully saturated rings. The summed E-state index contributed by atoms with van der Waals surface area (Å²) < 4.78 is 4.96. The first-order valence-corrected chi connectivity index (χ1v) is 8.45. The lowest BCUT2D eigenvalue weighted by atomic mass is 9.94. The van der Waals surface area contributed by atoms with E-state index in [1.807, 2.05) is 30.0 Å². The summed E-state index contributed by atoms with van der Waals surface area (Å²) in [6, 6.07) is 5.81. The summed E-state index contributed by atoms with van der Waals surface area (Å²) >= 11 is 0. The summed E-state index contributed by atoms with van der Waals surface area (Å²) in [6.45, 7) is 3.57. The SMILES string of the molecule is COCC(=O)N1CCC[C@H](c2ccnc(Nc3ccc(C)cn3)n2)C1. The van der Waals surface area contributed by atoms with Crippen LogP contribution in [0.1, 0.15) is 30.0 Å². The average molecular weight is 341 g/mol. The molecule has 0 spiro atoms. The average Bonchev–Trinajstić information content (AvgIpc) is 2.64. The fourth-order valence-corrected chi connectivity index (χ4v) is 2.98. The molecule has 1 aliphatic heterocycles. The summed E-state index contributed by atoms with van der Waals surface area (Å²) in [5.41, 5.74) is 2.04. The van der Waals surface area contributed by atoms with E-state index in [0.29, 0.717) is 18.3 Å². The van der Waals surface area contributed by atoms with Crippen LogP contribution in [0.25, 0.3) is 0 Å². The van der Waals surface area contributed by atoms with Crippen molar-refractivity contribution in [1.82, 2.24) is 19.9 Å². The standard InChI is InChI=1S/C18H23N5O2/c1-13-5-6-16(20-10-13)22-18-19-8-7-15(21-18)14-4-3-9-23(11-14)17(24)12-25-2/h5-8,10,14H,3-4,9,11-12H2,1-2H3,(H,19,20,21,22)/t14-/m0/s1. The largest absolute Gasteiger partial charge is 0.375 e. The molecule has 0 bridgehead atoms. The minimum atomic E-state index is 0.0310. The Morgan fingerprint density at radius 3 is 3.00 bits per heavy atom. The molecular weight excluding hydrogens is 318 g/mol. The second-order valence-electron chi connectivity index (χ2n) is 6.26. The van der Waals surface area contributed by atoms with Crippen LogP contribution in [0.5, 0.6) is 0 Å². The van der Waals surface area contributed by atoms with Crippen LogP contribution in [0.15, 0.2) is 30.6 Å². The molecule has 7 heteroatoms. The van der Waals surface area contributed by atoms with Crippen molar-refractivity contribution in [3.63, 3.8) is 0 Å². The predicted molar refractivity (Wildman–Crippen MR) is 94.7 cm³/mol. The van der Waals surface area contributed by atoms with Crippen molar-refractivity contribution < 1.29 is 9.53 Å². The summed E-state index contributed by atoms with van der Waals surface area (Å²) in [4.78, 5) is 27.1. The number of aryl methyl sites for hydroxylation is 1. The lowest BCUT2D eigenvalue weighted by molar-refractivity contribution is -0.136. The van der Waals surface area contributed by atoms with Crippen LogP contribution in [-0.2, 0) is 9.53 Å². The minimum absolute atomic E-state index is 0.0310. The zero-order chi connectivity index (χ0) is 17.6. The van der Waals surface area contributed by atoms with Crippen LogP contribution in [0.2, 0.25) is 0 Å². The summed E-state index contributed by atoms with van der Waals surface area (Å²) in [6.07, 6.45) is 5.52. The van der Waals surface area contributed by atoms with Crippen molar-refractivity contribution in [2.75, 3.05) is 32.1 Å². The molecule has 1 N–H and O–H groups in total. The molecule has 3 rings (SSSR count). The van der Waals surface area contributed by atoms with Crippen LogP contribution in [0, 0.1) is 6.92 Å². The number of methoxy groups -OCH3 is 1. The summed E-state index contributed by atoms with van der Waals surface area (Å²) in [5.74, 6) is 1.48. The maximum atomic E-state index is 12.1. The van der Waals surface area contributed by atoms with Gasteiger partial charge in [-0.25, -0.2) is 15.0 Å². The Morgan fingerprint density at radius 1 is 1.36 bits per heavy atom. The van der Waals surface area contributed by atoms with Gasteiger partial charge in [0.2, 0.25) is 11.9 Å². The molecule has 1 saturated heterocycles. The Bertz CT molecular complexity index is 720. The number of pyridine rings is 1. The van der Waals surface area contributed by atoms with Crippen molar-refractivity contribution in [2.45, 2.75) is 25.7 Å². The van der Waals surface area contributed by atoms with E-state index in [0.717, 1.165) is 30.6 Å². The van der Waals surface area contributed by atoms with Gasteiger partial charge in [0.25, 0.3) is 0 Å². The Morgan fingerprint density at radius 2 is 2.24 bits per heavy atom. The number of piperidine rings is 1. The Labute approximate surface area is 147 Å². The molecule has 2 aromatic heterocycles. The normalized spacial score (nSPS) is 17.4. The van der Waals surface area contributed by atoms with Crippen molar-refractivity contribution in [3.05, 3.63) is 41.9 Å². The molecule has 0 radical (unpaired) electrons. The van der Waals surface area contributed by atoms with Crippen molar-refractivity contribution in [2.24, 2.45) is 0 Å². The maximum absolute atomic E-state index is 12.1. The van der Waals surface area contributed by atoms with Gasteiger partial charge in [0.1, 0.15) is 12.4 Å².